The van der Waals surface area contributed by atoms with Gasteiger partial charge < -0.3 is 14.8 Å². The molecule has 1 amide bonds. The van der Waals surface area contributed by atoms with E-state index in [0.717, 1.165) is 0 Å². The van der Waals surface area contributed by atoms with E-state index in [1.54, 1.807) is 49.4 Å². The number of para-hydroxylation sites is 2. The number of carbonyl (C=O) groups is 1. The van der Waals surface area contributed by atoms with Crippen LogP contribution < -0.4 is 14.8 Å². The number of halogens is 2. The second-order valence-electron chi connectivity index (χ2n) is 5.74. The van der Waals surface area contributed by atoms with Gasteiger partial charge in [-0.2, -0.15) is 0 Å². The second-order valence-corrected chi connectivity index (χ2v) is 6.58. The molecule has 0 saturated heterocycles. The highest BCUT2D eigenvalue weighted by atomic mass is 35.5. The first kappa shape index (κ1) is 19.1. The van der Waals surface area contributed by atoms with Gasteiger partial charge in [0.05, 0.1) is 10.7 Å². The third-order valence-electron chi connectivity index (χ3n) is 3.68. The van der Waals surface area contributed by atoms with Crippen LogP contribution >= 0.6 is 23.2 Å². The summed E-state index contributed by atoms with van der Waals surface area (Å²) in [7, 11) is 0. The van der Waals surface area contributed by atoms with Crippen molar-refractivity contribution in [2.45, 2.75) is 13.0 Å². The van der Waals surface area contributed by atoms with Crippen molar-refractivity contribution in [3.8, 4) is 17.2 Å². The summed E-state index contributed by atoms with van der Waals surface area (Å²) in [5, 5.41) is 3.71. The third kappa shape index (κ3) is 5.16. The van der Waals surface area contributed by atoms with Gasteiger partial charge in [0.1, 0.15) is 11.5 Å². The molecule has 138 valence electrons. The molecule has 3 rings (SSSR count). The zero-order valence-electron chi connectivity index (χ0n) is 14.5. The maximum absolute atomic E-state index is 12.6. The number of carbonyl (C=O) groups excluding carboxylic acids is 1. The fourth-order valence-electron chi connectivity index (χ4n) is 2.32. The van der Waals surface area contributed by atoms with Gasteiger partial charge in [-0.05, 0) is 49.4 Å². The van der Waals surface area contributed by atoms with E-state index in [0.29, 0.717) is 33.0 Å². The number of hydrogen-bond acceptors (Lipinski definition) is 3. The van der Waals surface area contributed by atoms with Crippen LogP contribution in [0.25, 0.3) is 0 Å². The molecular weight excluding hydrogens is 385 g/mol. The van der Waals surface area contributed by atoms with Crippen molar-refractivity contribution in [3.05, 3.63) is 82.8 Å². The standard InChI is InChI=1S/C21H17Cl2NO3/c1-14(26-19-10-6-5-9-17(19)23)21(25)24-18-13-15(22)11-12-20(18)27-16-7-3-2-4-8-16/h2-14H,1H3,(H,24,25)/t14-/m0/s1. The minimum Gasteiger partial charge on any atom is -0.479 e. The lowest BCUT2D eigenvalue weighted by Gasteiger charge is -2.17. The van der Waals surface area contributed by atoms with Crippen LogP contribution in [0.2, 0.25) is 10.0 Å². The summed E-state index contributed by atoms with van der Waals surface area (Å²) < 4.78 is 11.5. The minimum atomic E-state index is -0.770. The zero-order chi connectivity index (χ0) is 19.2. The molecule has 3 aromatic carbocycles. The molecule has 0 radical (unpaired) electrons. The van der Waals surface area contributed by atoms with Crippen molar-refractivity contribution in [1.82, 2.24) is 0 Å². The molecule has 27 heavy (non-hydrogen) atoms. The van der Waals surface area contributed by atoms with Gasteiger partial charge >= 0.3 is 0 Å². The minimum absolute atomic E-state index is 0.352. The highest BCUT2D eigenvalue weighted by molar-refractivity contribution is 6.32. The normalized spacial score (nSPS) is 11.5. The highest BCUT2D eigenvalue weighted by Crippen LogP contribution is 2.32. The first-order valence-electron chi connectivity index (χ1n) is 8.27. The second kappa shape index (κ2) is 8.80. The molecule has 0 heterocycles. The number of amides is 1. The van der Waals surface area contributed by atoms with Crippen molar-refractivity contribution >= 4 is 34.8 Å². The molecule has 0 aliphatic rings. The van der Waals surface area contributed by atoms with E-state index in [-0.39, 0.29) is 5.91 Å². The molecule has 0 unspecified atom stereocenters. The molecule has 6 heteroatoms. The van der Waals surface area contributed by atoms with Crippen LogP contribution in [0.4, 0.5) is 5.69 Å². The van der Waals surface area contributed by atoms with Gasteiger partial charge in [-0.3, -0.25) is 4.79 Å². The summed E-state index contributed by atoms with van der Waals surface area (Å²) in [5.41, 5.74) is 0.450. The van der Waals surface area contributed by atoms with Gasteiger partial charge in [-0.25, -0.2) is 0 Å². The molecule has 0 aliphatic carbocycles. The van der Waals surface area contributed by atoms with E-state index in [4.69, 9.17) is 32.7 Å². The Balaban J connectivity index is 1.75. The smallest absolute Gasteiger partial charge is 0.265 e. The predicted octanol–water partition coefficient (Wildman–Crippen LogP) is 6.19. The fraction of sp³-hybridized carbons (Fsp3) is 0.0952. The Hall–Kier alpha value is -2.69. The molecule has 0 saturated carbocycles. The fourth-order valence-corrected chi connectivity index (χ4v) is 2.68. The van der Waals surface area contributed by atoms with Gasteiger partial charge in [-0.1, -0.05) is 53.5 Å². The molecule has 3 aromatic rings. The molecule has 1 atom stereocenters. The summed E-state index contributed by atoms with van der Waals surface area (Å²) in [6.45, 7) is 1.64. The third-order valence-corrected chi connectivity index (χ3v) is 4.23. The van der Waals surface area contributed by atoms with Crippen molar-refractivity contribution < 1.29 is 14.3 Å². The average Bonchev–Trinajstić information content (AvgIpc) is 2.66. The Morgan fingerprint density at radius 1 is 0.926 bits per heavy atom. The number of hydrogen-bond donors (Lipinski definition) is 1. The maximum atomic E-state index is 12.6. The number of rotatable bonds is 6. The largest absolute Gasteiger partial charge is 0.479 e. The van der Waals surface area contributed by atoms with Crippen LogP contribution in [0.15, 0.2) is 72.8 Å². The van der Waals surface area contributed by atoms with Gasteiger partial charge in [0.25, 0.3) is 5.91 Å². The lowest BCUT2D eigenvalue weighted by Crippen LogP contribution is -2.30. The molecule has 0 fully saturated rings. The van der Waals surface area contributed by atoms with Crippen molar-refractivity contribution in [3.63, 3.8) is 0 Å². The van der Waals surface area contributed by atoms with Gasteiger partial charge in [0.15, 0.2) is 11.9 Å². The average molecular weight is 402 g/mol. The van der Waals surface area contributed by atoms with Crippen LogP contribution in [-0.4, -0.2) is 12.0 Å². The van der Waals surface area contributed by atoms with E-state index in [2.05, 4.69) is 5.32 Å². The molecule has 0 spiro atoms. The SMILES string of the molecule is C[C@H](Oc1ccccc1Cl)C(=O)Nc1cc(Cl)ccc1Oc1ccccc1. The number of benzene rings is 3. The van der Waals surface area contributed by atoms with Crippen molar-refractivity contribution in [1.29, 1.82) is 0 Å². The van der Waals surface area contributed by atoms with Crippen molar-refractivity contribution in [2.24, 2.45) is 0 Å². The van der Waals surface area contributed by atoms with E-state index >= 15 is 0 Å². The Kier molecular flexibility index (Phi) is 6.22. The summed E-state index contributed by atoms with van der Waals surface area (Å²) in [4.78, 5) is 12.6. The molecule has 1 N–H and O–H groups in total. The van der Waals surface area contributed by atoms with E-state index in [1.807, 2.05) is 30.3 Å². The van der Waals surface area contributed by atoms with Crippen molar-refractivity contribution in [2.75, 3.05) is 5.32 Å². The van der Waals surface area contributed by atoms with Crippen LogP contribution in [0.1, 0.15) is 6.92 Å². The molecule has 0 bridgehead atoms. The Bertz CT molecular complexity index is 932. The maximum Gasteiger partial charge on any atom is 0.265 e. The molecular formula is C21H17Cl2NO3. The summed E-state index contributed by atoms with van der Waals surface area (Å²) in [6.07, 6.45) is -0.770. The number of ether oxygens (including phenoxy) is 2. The first-order valence-corrected chi connectivity index (χ1v) is 9.03. The number of anilines is 1. The summed E-state index contributed by atoms with van der Waals surface area (Å²) in [5.74, 6) is 1.21. The number of nitrogens with one attached hydrogen (secondary N) is 1. The summed E-state index contributed by atoms with van der Waals surface area (Å²) >= 11 is 12.2. The van der Waals surface area contributed by atoms with E-state index < -0.39 is 6.10 Å². The van der Waals surface area contributed by atoms with Gasteiger partial charge in [0.2, 0.25) is 0 Å². The Morgan fingerprint density at radius 3 is 2.37 bits per heavy atom. The van der Waals surface area contributed by atoms with Crippen LogP contribution in [0.5, 0.6) is 17.2 Å². The lowest BCUT2D eigenvalue weighted by atomic mass is 10.2. The van der Waals surface area contributed by atoms with E-state index in [9.17, 15) is 4.79 Å². The Labute approximate surface area is 167 Å². The van der Waals surface area contributed by atoms with Crippen LogP contribution in [-0.2, 0) is 4.79 Å². The highest BCUT2D eigenvalue weighted by Gasteiger charge is 2.18. The summed E-state index contributed by atoms with van der Waals surface area (Å²) in [6, 6.07) is 21.3. The van der Waals surface area contributed by atoms with Gasteiger partial charge in [0, 0.05) is 5.02 Å². The van der Waals surface area contributed by atoms with Gasteiger partial charge in [-0.15, -0.1) is 0 Å². The monoisotopic (exact) mass is 401 g/mol. The first-order chi connectivity index (χ1) is 13.0. The topological polar surface area (TPSA) is 47.6 Å². The zero-order valence-corrected chi connectivity index (χ0v) is 16.0. The van der Waals surface area contributed by atoms with Crippen LogP contribution in [0, 0.1) is 0 Å². The Morgan fingerprint density at radius 2 is 1.63 bits per heavy atom. The molecule has 0 aliphatic heterocycles. The molecule has 4 nitrogen and oxygen atoms in total. The molecule has 0 aromatic heterocycles. The van der Waals surface area contributed by atoms with E-state index in [1.165, 1.54) is 0 Å². The predicted molar refractivity (Wildman–Crippen MR) is 108 cm³/mol. The van der Waals surface area contributed by atoms with Crippen LogP contribution in [0.3, 0.4) is 0 Å². The lowest BCUT2D eigenvalue weighted by molar-refractivity contribution is -0.122. The quantitative estimate of drug-likeness (QED) is 0.535.